The summed E-state index contributed by atoms with van der Waals surface area (Å²) in [6, 6.07) is 12.3. The number of hydrogen-bond donors (Lipinski definition) is 1. The molecule has 1 amide bonds. The Morgan fingerprint density at radius 3 is 2.49 bits per heavy atom. The van der Waals surface area contributed by atoms with Crippen LogP contribution in [0.25, 0.3) is 11.4 Å². The van der Waals surface area contributed by atoms with E-state index in [1.165, 1.54) is 22.9 Å². The number of sulfonamides is 1. The molecule has 0 bridgehead atoms. The lowest BCUT2D eigenvalue weighted by molar-refractivity contribution is -0.120. The Hall–Kier alpha value is -3.11. The molecule has 8 nitrogen and oxygen atoms in total. The number of amides is 1. The Balaban J connectivity index is 1.25. The monoisotopic (exact) mass is 497 g/mol. The van der Waals surface area contributed by atoms with Crippen LogP contribution in [0.3, 0.4) is 0 Å². The minimum Gasteiger partial charge on any atom is -0.326 e. The molecule has 1 saturated heterocycles. The van der Waals surface area contributed by atoms with Gasteiger partial charge in [-0.05, 0) is 74.2 Å². The molecule has 35 heavy (non-hydrogen) atoms. The van der Waals surface area contributed by atoms with Crippen molar-refractivity contribution in [2.45, 2.75) is 50.0 Å². The molecule has 0 saturated carbocycles. The molecule has 3 aromatic rings. The highest BCUT2D eigenvalue weighted by molar-refractivity contribution is 7.89. The van der Waals surface area contributed by atoms with Crippen LogP contribution in [0.5, 0.6) is 0 Å². The summed E-state index contributed by atoms with van der Waals surface area (Å²) in [5.41, 5.74) is 1.59. The van der Waals surface area contributed by atoms with Crippen molar-refractivity contribution in [3.05, 3.63) is 60.2 Å². The largest absolute Gasteiger partial charge is 0.326 e. The molecule has 1 N–H and O–H groups in total. The molecule has 3 heterocycles. The summed E-state index contributed by atoms with van der Waals surface area (Å²) in [5.74, 6) is 0.685. The zero-order chi connectivity index (χ0) is 24.4. The maximum absolute atomic E-state index is 13.2. The van der Waals surface area contributed by atoms with E-state index in [0.29, 0.717) is 25.1 Å². The average molecular weight is 498 g/mol. The van der Waals surface area contributed by atoms with Crippen LogP contribution in [0, 0.1) is 11.7 Å². The third-order valence-electron chi connectivity index (χ3n) is 6.73. The van der Waals surface area contributed by atoms with Crippen molar-refractivity contribution in [3.8, 4) is 11.4 Å². The van der Waals surface area contributed by atoms with Gasteiger partial charge in [-0.2, -0.15) is 4.31 Å². The SMILES string of the molecule is O=C(Nc1ccc(-c2nnc3n2CCCCC3)cc1)C1CCCN(S(=O)(=O)c2ccc(F)cc2)C1. The van der Waals surface area contributed by atoms with Crippen molar-refractivity contribution in [1.29, 1.82) is 0 Å². The number of hydrogen-bond acceptors (Lipinski definition) is 5. The maximum Gasteiger partial charge on any atom is 0.243 e. The predicted molar refractivity (Wildman–Crippen MR) is 130 cm³/mol. The first kappa shape index (κ1) is 23.6. The minimum atomic E-state index is -3.79. The van der Waals surface area contributed by atoms with Gasteiger partial charge < -0.3 is 9.88 Å². The van der Waals surface area contributed by atoms with E-state index in [2.05, 4.69) is 20.1 Å². The van der Waals surface area contributed by atoms with Gasteiger partial charge in [0.05, 0.1) is 10.8 Å². The molecule has 1 fully saturated rings. The molecule has 0 aliphatic carbocycles. The average Bonchev–Trinajstić information content (AvgIpc) is 3.12. The van der Waals surface area contributed by atoms with Crippen LogP contribution in [0.15, 0.2) is 53.4 Å². The highest BCUT2D eigenvalue weighted by Gasteiger charge is 2.33. The molecule has 1 unspecified atom stereocenters. The molecule has 1 aromatic heterocycles. The Morgan fingerprint density at radius 2 is 1.71 bits per heavy atom. The first-order chi connectivity index (χ1) is 16.9. The van der Waals surface area contributed by atoms with Gasteiger partial charge in [0.15, 0.2) is 5.82 Å². The summed E-state index contributed by atoms with van der Waals surface area (Å²) in [7, 11) is -3.79. The van der Waals surface area contributed by atoms with E-state index in [4.69, 9.17) is 0 Å². The van der Waals surface area contributed by atoms with Gasteiger partial charge >= 0.3 is 0 Å². The summed E-state index contributed by atoms with van der Waals surface area (Å²) < 4.78 is 42.6. The van der Waals surface area contributed by atoms with Crippen molar-refractivity contribution in [1.82, 2.24) is 19.1 Å². The Labute approximate surface area is 204 Å². The third kappa shape index (κ3) is 4.99. The fourth-order valence-electron chi connectivity index (χ4n) is 4.78. The maximum atomic E-state index is 13.2. The number of aromatic nitrogens is 3. The number of benzene rings is 2. The number of nitrogens with one attached hydrogen (secondary N) is 1. The zero-order valence-electron chi connectivity index (χ0n) is 19.4. The molecular formula is C25H28FN5O3S. The minimum absolute atomic E-state index is 0.0296. The highest BCUT2D eigenvalue weighted by atomic mass is 32.2. The second kappa shape index (κ2) is 9.87. The van der Waals surface area contributed by atoms with E-state index >= 15 is 0 Å². The van der Waals surface area contributed by atoms with Crippen LogP contribution in [0.1, 0.15) is 37.9 Å². The fourth-order valence-corrected chi connectivity index (χ4v) is 6.30. The van der Waals surface area contributed by atoms with Crippen LogP contribution < -0.4 is 5.32 Å². The summed E-state index contributed by atoms with van der Waals surface area (Å²) >= 11 is 0. The number of piperidine rings is 1. The number of nitrogens with zero attached hydrogens (tertiary/aromatic N) is 4. The van der Waals surface area contributed by atoms with E-state index < -0.39 is 21.8 Å². The fraction of sp³-hybridized carbons (Fsp3) is 0.400. The van der Waals surface area contributed by atoms with Crippen molar-refractivity contribution >= 4 is 21.6 Å². The van der Waals surface area contributed by atoms with Crippen molar-refractivity contribution in [3.63, 3.8) is 0 Å². The van der Waals surface area contributed by atoms with Gasteiger partial charge in [-0.1, -0.05) is 6.42 Å². The smallest absolute Gasteiger partial charge is 0.243 e. The topological polar surface area (TPSA) is 97.2 Å². The second-order valence-corrected chi connectivity index (χ2v) is 11.1. The predicted octanol–water partition coefficient (Wildman–Crippen LogP) is 3.85. The molecule has 0 radical (unpaired) electrons. The highest BCUT2D eigenvalue weighted by Crippen LogP contribution is 2.27. The number of halogens is 1. The van der Waals surface area contributed by atoms with Gasteiger partial charge in [0.2, 0.25) is 15.9 Å². The lowest BCUT2D eigenvalue weighted by Crippen LogP contribution is -2.43. The molecule has 10 heteroatoms. The van der Waals surface area contributed by atoms with E-state index in [-0.39, 0.29) is 17.3 Å². The van der Waals surface area contributed by atoms with Crippen LogP contribution in [0.2, 0.25) is 0 Å². The Morgan fingerprint density at radius 1 is 0.943 bits per heavy atom. The van der Waals surface area contributed by atoms with E-state index in [0.717, 1.165) is 55.2 Å². The third-order valence-corrected chi connectivity index (χ3v) is 8.61. The number of carbonyl (C=O) groups excluding carboxylic acids is 1. The molecule has 2 aliphatic rings. The number of rotatable bonds is 5. The number of aryl methyl sites for hydroxylation is 1. The summed E-state index contributed by atoms with van der Waals surface area (Å²) in [6.45, 7) is 1.34. The number of anilines is 1. The van der Waals surface area contributed by atoms with E-state index in [9.17, 15) is 17.6 Å². The molecule has 2 aliphatic heterocycles. The summed E-state index contributed by atoms with van der Waals surface area (Å²) in [6.07, 6.45) is 5.56. The molecule has 1 atom stereocenters. The Bertz CT molecular complexity index is 1310. The lowest BCUT2D eigenvalue weighted by atomic mass is 9.98. The van der Waals surface area contributed by atoms with Crippen molar-refractivity contribution in [2.75, 3.05) is 18.4 Å². The van der Waals surface area contributed by atoms with Gasteiger partial charge in [0.1, 0.15) is 11.6 Å². The molecule has 5 rings (SSSR count). The standard InChI is InChI=1S/C25H28FN5O3S/c26-20-9-13-22(14-10-20)35(33,34)30-15-4-5-19(17-30)25(32)27-21-11-7-18(8-12-21)24-29-28-23-6-2-1-3-16-31(23)24/h7-14,19H,1-6,15-17H2,(H,27,32). The zero-order valence-corrected chi connectivity index (χ0v) is 20.2. The van der Waals surface area contributed by atoms with Crippen molar-refractivity contribution in [2.24, 2.45) is 5.92 Å². The molecule has 184 valence electrons. The molecule has 2 aromatic carbocycles. The van der Waals surface area contributed by atoms with Crippen LogP contribution in [0.4, 0.5) is 10.1 Å². The molecule has 0 spiro atoms. The normalized spacial score (nSPS) is 19.1. The summed E-state index contributed by atoms with van der Waals surface area (Å²) in [5, 5.41) is 11.6. The number of carbonyl (C=O) groups is 1. The van der Waals surface area contributed by atoms with Crippen LogP contribution in [-0.2, 0) is 27.8 Å². The Kier molecular flexibility index (Phi) is 6.66. The van der Waals surface area contributed by atoms with Gasteiger partial charge in [-0.25, -0.2) is 12.8 Å². The van der Waals surface area contributed by atoms with Crippen molar-refractivity contribution < 1.29 is 17.6 Å². The van der Waals surface area contributed by atoms with E-state index in [1.54, 1.807) is 0 Å². The quantitative estimate of drug-likeness (QED) is 0.578. The number of fused-ring (bicyclic) bond motifs is 1. The first-order valence-corrected chi connectivity index (χ1v) is 13.4. The van der Waals surface area contributed by atoms with Gasteiger partial charge in [-0.15, -0.1) is 10.2 Å². The van der Waals surface area contributed by atoms with Gasteiger partial charge in [0, 0.05) is 37.3 Å². The first-order valence-electron chi connectivity index (χ1n) is 12.0. The van der Waals surface area contributed by atoms with Crippen LogP contribution >= 0.6 is 0 Å². The second-order valence-electron chi connectivity index (χ2n) is 9.12. The van der Waals surface area contributed by atoms with Gasteiger partial charge in [0.25, 0.3) is 0 Å². The van der Waals surface area contributed by atoms with Gasteiger partial charge in [-0.3, -0.25) is 4.79 Å². The van der Waals surface area contributed by atoms with Crippen LogP contribution in [-0.4, -0.2) is 46.5 Å². The molecular weight excluding hydrogens is 469 g/mol. The van der Waals surface area contributed by atoms with E-state index in [1.807, 2.05) is 24.3 Å². The lowest BCUT2D eigenvalue weighted by Gasteiger charge is -2.31. The summed E-state index contributed by atoms with van der Waals surface area (Å²) in [4.78, 5) is 13.0.